The lowest BCUT2D eigenvalue weighted by Gasteiger charge is -2.25. The van der Waals surface area contributed by atoms with Crippen LogP contribution in [-0.2, 0) is 11.2 Å². The summed E-state index contributed by atoms with van der Waals surface area (Å²) in [6.45, 7) is 0.641. The number of thiazole rings is 1. The topological polar surface area (TPSA) is 68.0 Å². The molecule has 2 unspecified atom stereocenters. The minimum Gasteiger partial charge on any atom is -0.355 e. The fourth-order valence-corrected chi connectivity index (χ4v) is 3.92. The molecule has 0 spiro atoms. The maximum Gasteiger partial charge on any atom is 0.223 e. The van der Waals surface area contributed by atoms with Gasteiger partial charge in [-0.2, -0.15) is 0 Å². The van der Waals surface area contributed by atoms with Gasteiger partial charge in [0.2, 0.25) is 5.91 Å². The summed E-state index contributed by atoms with van der Waals surface area (Å²) in [5, 5.41) is 6.15. The van der Waals surface area contributed by atoms with Crippen molar-refractivity contribution in [2.45, 2.75) is 38.1 Å². The van der Waals surface area contributed by atoms with Crippen molar-refractivity contribution in [1.29, 1.82) is 0 Å². The predicted octanol–water partition coefficient (Wildman–Crippen LogP) is 2.99. The molecule has 1 aromatic heterocycles. The summed E-state index contributed by atoms with van der Waals surface area (Å²) in [4.78, 5) is 16.8. The number of aromatic nitrogens is 1. The van der Waals surface area contributed by atoms with E-state index < -0.39 is 0 Å². The molecule has 3 N–H and O–H groups in total. The standard InChI is InChI=1S/C18H23N3OS/c19-15-8-4-7-14(11-15)17(22)20-10-9-16-12-23-18(21-16)13-5-2-1-3-6-13/h1-3,5-6,12,14-15H,4,7-11,19H2,(H,20,22). The number of hydrogen-bond donors (Lipinski definition) is 2. The second kappa shape index (κ2) is 7.70. The molecule has 1 amide bonds. The van der Waals surface area contributed by atoms with Gasteiger partial charge >= 0.3 is 0 Å². The van der Waals surface area contributed by atoms with Gasteiger partial charge in [-0.3, -0.25) is 4.79 Å². The van der Waals surface area contributed by atoms with E-state index in [1.807, 2.05) is 18.2 Å². The molecule has 1 aromatic carbocycles. The Morgan fingerprint density at radius 2 is 2.13 bits per heavy atom. The molecule has 0 radical (unpaired) electrons. The van der Waals surface area contributed by atoms with E-state index in [-0.39, 0.29) is 17.9 Å². The highest BCUT2D eigenvalue weighted by molar-refractivity contribution is 7.13. The van der Waals surface area contributed by atoms with E-state index in [0.717, 1.165) is 48.4 Å². The van der Waals surface area contributed by atoms with Crippen molar-refractivity contribution in [2.75, 3.05) is 6.54 Å². The molecule has 1 fully saturated rings. The molecule has 0 bridgehead atoms. The highest BCUT2D eigenvalue weighted by Gasteiger charge is 2.24. The maximum absolute atomic E-state index is 12.2. The minimum atomic E-state index is 0.0917. The van der Waals surface area contributed by atoms with Crippen LogP contribution < -0.4 is 11.1 Å². The van der Waals surface area contributed by atoms with Gasteiger partial charge in [-0.25, -0.2) is 4.98 Å². The molecule has 3 rings (SSSR count). The van der Waals surface area contributed by atoms with Gasteiger partial charge in [-0.05, 0) is 19.3 Å². The molecule has 0 aliphatic heterocycles. The van der Waals surface area contributed by atoms with Gasteiger partial charge in [0, 0.05) is 35.9 Å². The van der Waals surface area contributed by atoms with Crippen molar-refractivity contribution >= 4 is 17.2 Å². The van der Waals surface area contributed by atoms with E-state index in [1.165, 1.54) is 0 Å². The van der Waals surface area contributed by atoms with Crippen LogP contribution in [0.25, 0.3) is 10.6 Å². The zero-order valence-corrected chi connectivity index (χ0v) is 14.0. The van der Waals surface area contributed by atoms with Gasteiger partial charge in [-0.1, -0.05) is 36.8 Å². The highest BCUT2D eigenvalue weighted by Crippen LogP contribution is 2.24. The molecule has 4 nitrogen and oxygen atoms in total. The third-order valence-corrected chi connectivity index (χ3v) is 5.28. The maximum atomic E-state index is 12.2. The lowest BCUT2D eigenvalue weighted by atomic mass is 9.85. The van der Waals surface area contributed by atoms with Gasteiger partial charge in [0.15, 0.2) is 0 Å². The molecule has 0 saturated heterocycles. The van der Waals surface area contributed by atoms with Crippen molar-refractivity contribution in [1.82, 2.24) is 10.3 Å². The molecule has 23 heavy (non-hydrogen) atoms. The lowest BCUT2D eigenvalue weighted by molar-refractivity contribution is -0.126. The van der Waals surface area contributed by atoms with Crippen LogP contribution >= 0.6 is 11.3 Å². The Morgan fingerprint density at radius 3 is 2.91 bits per heavy atom. The van der Waals surface area contributed by atoms with E-state index in [1.54, 1.807) is 11.3 Å². The van der Waals surface area contributed by atoms with Crippen LogP contribution in [0.15, 0.2) is 35.7 Å². The van der Waals surface area contributed by atoms with E-state index in [2.05, 4.69) is 27.8 Å². The van der Waals surface area contributed by atoms with E-state index in [0.29, 0.717) is 6.54 Å². The molecule has 1 aliphatic carbocycles. The Bertz CT molecular complexity index is 641. The van der Waals surface area contributed by atoms with Crippen LogP contribution in [0.2, 0.25) is 0 Å². The number of nitrogens with two attached hydrogens (primary N) is 1. The smallest absolute Gasteiger partial charge is 0.223 e. The Labute approximate surface area is 141 Å². The van der Waals surface area contributed by atoms with Gasteiger partial charge in [0.05, 0.1) is 5.69 Å². The molecule has 5 heteroatoms. The Morgan fingerprint density at radius 1 is 1.30 bits per heavy atom. The fourth-order valence-electron chi connectivity index (χ4n) is 3.06. The number of amides is 1. The first kappa shape index (κ1) is 16.1. The molecular formula is C18H23N3OS. The molecule has 2 aromatic rings. The van der Waals surface area contributed by atoms with E-state index >= 15 is 0 Å². The summed E-state index contributed by atoms with van der Waals surface area (Å²) in [6.07, 6.45) is 4.67. The molecular weight excluding hydrogens is 306 g/mol. The van der Waals surface area contributed by atoms with E-state index in [4.69, 9.17) is 5.73 Å². The quantitative estimate of drug-likeness (QED) is 0.886. The fraction of sp³-hybridized carbons (Fsp3) is 0.444. The zero-order valence-electron chi connectivity index (χ0n) is 13.2. The monoisotopic (exact) mass is 329 g/mol. The molecule has 122 valence electrons. The average molecular weight is 329 g/mol. The largest absolute Gasteiger partial charge is 0.355 e. The molecule has 1 saturated carbocycles. The Balaban J connectivity index is 1.47. The third-order valence-electron chi connectivity index (χ3n) is 4.34. The third kappa shape index (κ3) is 4.39. The highest BCUT2D eigenvalue weighted by atomic mass is 32.1. The number of nitrogens with one attached hydrogen (secondary N) is 1. The zero-order chi connectivity index (χ0) is 16.1. The average Bonchev–Trinajstić information content (AvgIpc) is 3.04. The number of carbonyl (C=O) groups excluding carboxylic acids is 1. The van der Waals surface area contributed by atoms with E-state index in [9.17, 15) is 4.79 Å². The SMILES string of the molecule is NC1CCCC(C(=O)NCCc2csc(-c3ccccc3)n2)C1. The van der Waals surface area contributed by atoms with Gasteiger partial charge in [0.1, 0.15) is 5.01 Å². The minimum absolute atomic E-state index is 0.0917. The normalized spacial score (nSPS) is 21.1. The molecule has 1 heterocycles. The van der Waals surface area contributed by atoms with Gasteiger partial charge in [0.25, 0.3) is 0 Å². The summed E-state index contributed by atoms with van der Waals surface area (Å²) in [5.41, 5.74) is 8.13. The van der Waals surface area contributed by atoms with Crippen LogP contribution in [0.3, 0.4) is 0 Å². The molecule has 2 atom stereocenters. The van der Waals surface area contributed by atoms with Crippen LogP contribution in [0.1, 0.15) is 31.4 Å². The van der Waals surface area contributed by atoms with Crippen molar-refractivity contribution in [3.63, 3.8) is 0 Å². The number of nitrogens with zero attached hydrogens (tertiary/aromatic N) is 1. The summed E-state index contributed by atoms with van der Waals surface area (Å²) >= 11 is 1.65. The number of hydrogen-bond acceptors (Lipinski definition) is 4. The summed E-state index contributed by atoms with van der Waals surface area (Å²) < 4.78 is 0. The van der Waals surface area contributed by atoms with Crippen LogP contribution in [0.4, 0.5) is 0 Å². The van der Waals surface area contributed by atoms with Crippen molar-refractivity contribution in [2.24, 2.45) is 11.7 Å². The van der Waals surface area contributed by atoms with Crippen LogP contribution in [0, 0.1) is 5.92 Å². The first-order chi connectivity index (χ1) is 11.2. The Hall–Kier alpha value is -1.72. The second-order valence-electron chi connectivity index (χ2n) is 6.17. The number of benzene rings is 1. The summed E-state index contributed by atoms with van der Waals surface area (Å²) in [5.74, 6) is 0.243. The van der Waals surface area contributed by atoms with Crippen molar-refractivity contribution < 1.29 is 4.79 Å². The molecule has 1 aliphatic rings. The summed E-state index contributed by atoms with van der Waals surface area (Å²) in [6, 6.07) is 10.4. The van der Waals surface area contributed by atoms with Crippen LogP contribution in [-0.4, -0.2) is 23.5 Å². The Kier molecular flexibility index (Phi) is 5.41. The van der Waals surface area contributed by atoms with Crippen LogP contribution in [0.5, 0.6) is 0 Å². The number of carbonyl (C=O) groups is 1. The van der Waals surface area contributed by atoms with Gasteiger partial charge in [-0.15, -0.1) is 11.3 Å². The first-order valence-electron chi connectivity index (χ1n) is 8.25. The number of rotatable bonds is 5. The lowest BCUT2D eigenvalue weighted by Crippen LogP contribution is -2.38. The van der Waals surface area contributed by atoms with Gasteiger partial charge < -0.3 is 11.1 Å². The first-order valence-corrected chi connectivity index (χ1v) is 9.13. The second-order valence-corrected chi connectivity index (χ2v) is 7.03. The summed E-state index contributed by atoms with van der Waals surface area (Å²) in [7, 11) is 0. The van der Waals surface area contributed by atoms with Crippen molar-refractivity contribution in [3.8, 4) is 10.6 Å². The van der Waals surface area contributed by atoms with Crippen molar-refractivity contribution in [3.05, 3.63) is 41.4 Å². The predicted molar refractivity (Wildman–Crippen MR) is 94.2 cm³/mol.